The summed E-state index contributed by atoms with van der Waals surface area (Å²) in [6.45, 7) is 7.10. The third-order valence-electron chi connectivity index (χ3n) is 4.39. The first kappa shape index (κ1) is 14.1. The monoisotopic (exact) mass is 274 g/mol. The van der Waals surface area contributed by atoms with Crippen molar-refractivity contribution in [2.24, 2.45) is 0 Å². The molecule has 2 fully saturated rings. The van der Waals surface area contributed by atoms with Crippen molar-refractivity contribution in [3.8, 4) is 0 Å². The van der Waals surface area contributed by atoms with E-state index in [4.69, 9.17) is 4.74 Å². The van der Waals surface area contributed by atoms with Gasteiger partial charge in [-0.1, -0.05) is 31.2 Å². The van der Waals surface area contributed by atoms with E-state index < -0.39 is 0 Å². The van der Waals surface area contributed by atoms with Gasteiger partial charge in [0.25, 0.3) is 0 Å². The average Bonchev–Trinajstić information content (AvgIpc) is 3.31. The summed E-state index contributed by atoms with van der Waals surface area (Å²) >= 11 is 0. The number of hydrogen-bond acceptors (Lipinski definition) is 3. The third kappa shape index (κ3) is 3.81. The lowest BCUT2D eigenvalue weighted by Gasteiger charge is -2.35. The van der Waals surface area contributed by atoms with E-state index in [2.05, 4.69) is 41.4 Å². The molecule has 20 heavy (non-hydrogen) atoms. The molecule has 1 unspecified atom stereocenters. The average molecular weight is 274 g/mol. The van der Waals surface area contributed by atoms with Crippen molar-refractivity contribution in [3.63, 3.8) is 0 Å². The highest BCUT2D eigenvalue weighted by molar-refractivity contribution is 5.22. The predicted molar refractivity (Wildman–Crippen MR) is 81.9 cm³/mol. The summed E-state index contributed by atoms with van der Waals surface area (Å²) < 4.78 is 5.66. The van der Waals surface area contributed by atoms with Crippen molar-refractivity contribution >= 4 is 0 Å². The summed E-state index contributed by atoms with van der Waals surface area (Å²) in [5, 5.41) is 3.64. The van der Waals surface area contributed by atoms with Gasteiger partial charge in [0.15, 0.2) is 0 Å². The van der Waals surface area contributed by atoms with Crippen LogP contribution in [-0.4, -0.2) is 43.3 Å². The lowest BCUT2D eigenvalue weighted by Crippen LogP contribution is -2.50. The minimum Gasteiger partial charge on any atom is -0.378 e. The number of ether oxygens (including phenoxy) is 1. The van der Waals surface area contributed by atoms with Crippen LogP contribution in [0.1, 0.15) is 30.9 Å². The van der Waals surface area contributed by atoms with Crippen molar-refractivity contribution in [2.45, 2.75) is 44.8 Å². The molecule has 1 heterocycles. The van der Waals surface area contributed by atoms with Crippen LogP contribution in [-0.2, 0) is 17.7 Å². The normalized spacial score (nSPS) is 23.9. The van der Waals surface area contributed by atoms with Gasteiger partial charge in [-0.3, -0.25) is 4.90 Å². The minimum absolute atomic E-state index is 0.523. The fourth-order valence-corrected chi connectivity index (χ4v) is 2.79. The van der Waals surface area contributed by atoms with E-state index in [1.807, 2.05) is 0 Å². The first-order valence-electron chi connectivity index (χ1n) is 7.98. The van der Waals surface area contributed by atoms with E-state index in [9.17, 15) is 0 Å². The van der Waals surface area contributed by atoms with Crippen molar-refractivity contribution in [2.75, 3.05) is 26.3 Å². The van der Waals surface area contributed by atoms with Crippen LogP contribution in [0.15, 0.2) is 24.3 Å². The van der Waals surface area contributed by atoms with Gasteiger partial charge in [0.1, 0.15) is 0 Å². The molecule has 2 aliphatic rings. The van der Waals surface area contributed by atoms with Gasteiger partial charge in [0.05, 0.1) is 13.2 Å². The Morgan fingerprint density at radius 3 is 2.65 bits per heavy atom. The third-order valence-corrected chi connectivity index (χ3v) is 4.39. The highest BCUT2D eigenvalue weighted by atomic mass is 16.5. The number of nitrogens with zero attached hydrogens (tertiary/aromatic N) is 1. The van der Waals surface area contributed by atoms with Gasteiger partial charge in [0.2, 0.25) is 0 Å². The molecule has 0 bridgehead atoms. The number of rotatable bonds is 6. The van der Waals surface area contributed by atoms with Crippen molar-refractivity contribution in [3.05, 3.63) is 35.4 Å². The first-order chi connectivity index (χ1) is 9.85. The van der Waals surface area contributed by atoms with Crippen LogP contribution in [0.4, 0.5) is 0 Å². The number of nitrogens with one attached hydrogen (secondary N) is 1. The number of hydrogen-bond donors (Lipinski definition) is 1. The van der Waals surface area contributed by atoms with Crippen LogP contribution < -0.4 is 5.32 Å². The van der Waals surface area contributed by atoms with Gasteiger partial charge in [-0.25, -0.2) is 0 Å². The molecule has 110 valence electrons. The summed E-state index contributed by atoms with van der Waals surface area (Å²) in [6, 6.07) is 10.4. The largest absolute Gasteiger partial charge is 0.378 e. The van der Waals surface area contributed by atoms with E-state index in [1.54, 1.807) is 0 Å². The molecule has 0 aromatic heterocycles. The lowest BCUT2D eigenvalue weighted by molar-refractivity contribution is -0.0110. The number of aryl methyl sites for hydroxylation is 1. The quantitative estimate of drug-likeness (QED) is 0.861. The van der Waals surface area contributed by atoms with Crippen LogP contribution in [0.5, 0.6) is 0 Å². The highest BCUT2D eigenvalue weighted by Crippen LogP contribution is 2.19. The SMILES string of the molecule is CCc1ccc(CN2CCOCC2CNC2CC2)cc1. The topological polar surface area (TPSA) is 24.5 Å². The Balaban J connectivity index is 1.56. The molecule has 3 rings (SSSR count). The Hall–Kier alpha value is -0.900. The van der Waals surface area contributed by atoms with Gasteiger partial charge >= 0.3 is 0 Å². The maximum Gasteiger partial charge on any atom is 0.0635 e. The summed E-state index contributed by atoms with van der Waals surface area (Å²) in [7, 11) is 0. The first-order valence-corrected chi connectivity index (χ1v) is 7.98. The molecular weight excluding hydrogens is 248 g/mol. The standard InChI is InChI=1S/C17H26N2O/c1-2-14-3-5-15(6-4-14)12-19-9-10-20-13-17(19)11-18-16-7-8-16/h3-6,16-18H,2,7-13H2,1H3. The Kier molecular flexibility index (Phi) is 4.71. The van der Waals surface area contributed by atoms with E-state index in [1.165, 1.54) is 24.0 Å². The van der Waals surface area contributed by atoms with Crippen molar-refractivity contribution in [1.29, 1.82) is 0 Å². The predicted octanol–water partition coefficient (Wildman–Crippen LogP) is 2.20. The Bertz CT molecular complexity index is 414. The second-order valence-electron chi connectivity index (χ2n) is 6.05. The second-order valence-corrected chi connectivity index (χ2v) is 6.05. The van der Waals surface area contributed by atoms with E-state index in [0.29, 0.717) is 6.04 Å². The van der Waals surface area contributed by atoms with Crippen LogP contribution in [0.25, 0.3) is 0 Å². The lowest BCUT2D eigenvalue weighted by atomic mass is 10.1. The molecule has 1 saturated carbocycles. The van der Waals surface area contributed by atoms with Gasteiger partial charge in [-0.05, 0) is 30.4 Å². The highest BCUT2D eigenvalue weighted by Gasteiger charge is 2.26. The zero-order chi connectivity index (χ0) is 13.8. The minimum atomic E-state index is 0.523. The van der Waals surface area contributed by atoms with Crippen LogP contribution >= 0.6 is 0 Å². The second kappa shape index (κ2) is 6.70. The Morgan fingerprint density at radius 1 is 1.20 bits per heavy atom. The number of benzene rings is 1. The maximum absolute atomic E-state index is 5.66. The van der Waals surface area contributed by atoms with Gasteiger partial charge in [0, 0.05) is 31.7 Å². The molecule has 0 radical (unpaired) electrons. The fraction of sp³-hybridized carbons (Fsp3) is 0.647. The molecule has 0 spiro atoms. The molecule has 3 nitrogen and oxygen atoms in total. The molecule has 1 aliphatic heterocycles. The molecule has 1 aliphatic carbocycles. The molecule has 1 saturated heterocycles. The molecule has 1 N–H and O–H groups in total. The Morgan fingerprint density at radius 2 is 1.95 bits per heavy atom. The summed E-state index contributed by atoms with van der Waals surface area (Å²) in [5.41, 5.74) is 2.84. The summed E-state index contributed by atoms with van der Waals surface area (Å²) in [4.78, 5) is 2.57. The summed E-state index contributed by atoms with van der Waals surface area (Å²) in [6.07, 6.45) is 3.82. The smallest absolute Gasteiger partial charge is 0.0635 e. The van der Waals surface area contributed by atoms with Gasteiger partial charge < -0.3 is 10.1 Å². The van der Waals surface area contributed by atoms with Crippen molar-refractivity contribution < 1.29 is 4.74 Å². The molecule has 1 atom stereocenters. The molecular formula is C17H26N2O. The van der Waals surface area contributed by atoms with E-state index >= 15 is 0 Å². The molecule has 3 heteroatoms. The maximum atomic E-state index is 5.66. The van der Waals surface area contributed by atoms with Crippen LogP contribution in [0.3, 0.4) is 0 Å². The molecule has 0 amide bonds. The van der Waals surface area contributed by atoms with Crippen molar-refractivity contribution in [1.82, 2.24) is 10.2 Å². The fourth-order valence-electron chi connectivity index (χ4n) is 2.79. The van der Waals surface area contributed by atoms with Gasteiger partial charge in [-0.15, -0.1) is 0 Å². The number of morpholine rings is 1. The molecule has 1 aromatic rings. The summed E-state index contributed by atoms with van der Waals surface area (Å²) in [5.74, 6) is 0. The Labute approximate surface area is 122 Å². The van der Waals surface area contributed by atoms with E-state index in [-0.39, 0.29) is 0 Å². The van der Waals surface area contributed by atoms with Crippen LogP contribution in [0.2, 0.25) is 0 Å². The zero-order valence-corrected chi connectivity index (χ0v) is 12.5. The van der Waals surface area contributed by atoms with Crippen LogP contribution in [0, 0.1) is 0 Å². The van der Waals surface area contributed by atoms with Gasteiger partial charge in [-0.2, -0.15) is 0 Å². The molecule has 1 aromatic carbocycles. The zero-order valence-electron chi connectivity index (χ0n) is 12.5. The van der Waals surface area contributed by atoms with E-state index in [0.717, 1.165) is 45.3 Å².